The van der Waals surface area contributed by atoms with Crippen molar-refractivity contribution >= 4 is 46.6 Å². The molecular formula is C19H17Cl2N3O3. The summed E-state index contributed by atoms with van der Waals surface area (Å²) in [6.07, 6.45) is 0. The summed E-state index contributed by atoms with van der Waals surface area (Å²) < 4.78 is 0. The summed E-state index contributed by atoms with van der Waals surface area (Å²) in [6.45, 7) is 2.39. The number of carbonyl (C=O) groups is 3. The molecule has 0 saturated carbocycles. The number of likely N-dealkylation sites (N-methyl/N-ethyl adjacent to an activating group) is 1. The molecule has 2 aromatic carbocycles. The highest BCUT2D eigenvalue weighted by atomic mass is 35.5. The van der Waals surface area contributed by atoms with Gasteiger partial charge in [0.2, 0.25) is 0 Å². The van der Waals surface area contributed by atoms with Crippen LogP contribution in [0.4, 0.5) is 5.69 Å². The predicted octanol–water partition coefficient (Wildman–Crippen LogP) is 2.83. The molecular weight excluding hydrogens is 389 g/mol. The van der Waals surface area contributed by atoms with Crippen molar-refractivity contribution in [1.82, 2.24) is 10.6 Å². The van der Waals surface area contributed by atoms with Crippen molar-refractivity contribution in [2.45, 2.75) is 19.5 Å². The first-order valence-corrected chi connectivity index (χ1v) is 9.11. The Morgan fingerprint density at radius 2 is 1.85 bits per heavy atom. The first-order chi connectivity index (χ1) is 12.9. The van der Waals surface area contributed by atoms with Crippen LogP contribution in [0.2, 0.25) is 10.0 Å². The van der Waals surface area contributed by atoms with Gasteiger partial charge in [0.05, 0.1) is 0 Å². The highest BCUT2D eigenvalue weighted by Crippen LogP contribution is 2.35. The third-order valence-corrected chi connectivity index (χ3v) is 4.89. The quantitative estimate of drug-likeness (QED) is 0.767. The topological polar surface area (TPSA) is 78.5 Å². The van der Waals surface area contributed by atoms with Crippen LogP contribution < -0.4 is 15.5 Å². The van der Waals surface area contributed by atoms with E-state index in [0.29, 0.717) is 27.7 Å². The van der Waals surface area contributed by atoms with E-state index in [0.717, 1.165) is 5.69 Å². The van der Waals surface area contributed by atoms with E-state index in [1.807, 2.05) is 19.1 Å². The van der Waals surface area contributed by atoms with Crippen molar-refractivity contribution < 1.29 is 14.4 Å². The molecule has 1 unspecified atom stereocenters. The molecule has 0 saturated heterocycles. The molecule has 140 valence electrons. The molecule has 1 aliphatic heterocycles. The highest BCUT2D eigenvalue weighted by Gasteiger charge is 2.37. The zero-order valence-corrected chi connectivity index (χ0v) is 16.0. The number of hydrogen-bond acceptors (Lipinski definition) is 3. The van der Waals surface area contributed by atoms with Gasteiger partial charge in [-0.25, -0.2) is 0 Å². The minimum absolute atomic E-state index is 0.0680. The monoisotopic (exact) mass is 405 g/mol. The third-order valence-electron chi connectivity index (χ3n) is 4.30. The second-order valence-corrected chi connectivity index (χ2v) is 6.81. The Labute approximate surface area is 166 Å². The zero-order chi connectivity index (χ0) is 19.6. The first-order valence-electron chi connectivity index (χ1n) is 8.35. The molecule has 6 nitrogen and oxygen atoms in total. The number of amides is 3. The molecule has 0 radical (unpaired) electrons. The Balaban J connectivity index is 1.66. The minimum atomic E-state index is -0.883. The molecule has 1 atom stereocenters. The lowest BCUT2D eigenvalue weighted by molar-refractivity contribution is -0.140. The summed E-state index contributed by atoms with van der Waals surface area (Å²) in [5.74, 6) is -1.99. The molecule has 27 heavy (non-hydrogen) atoms. The van der Waals surface area contributed by atoms with Crippen molar-refractivity contribution in [3.63, 3.8) is 0 Å². The van der Waals surface area contributed by atoms with Crippen molar-refractivity contribution in [2.24, 2.45) is 0 Å². The van der Waals surface area contributed by atoms with E-state index >= 15 is 0 Å². The maximum atomic E-state index is 12.6. The molecule has 0 fully saturated rings. The largest absolute Gasteiger partial charge is 0.344 e. The summed E-state index contributed by atoms with van der Waals surface area (Å²) in [7, 11) is 0. The Morgan fingerprint density at radius 1 is 1.11 bits per heavy atom. The van der Waals surface area contributed by atoms with E-state index in [9.17, 15) is 14.4 Å². The summed E-state index contributed by atoms with van der Waals surface area (Å²) in [4.78, 5) is 38.5. The normalized spacial score (nSPS) is 15.4. The Bertz CT molecular complexity index is 917. The number of halogens is 2. The van der Waals surface area contributed by atoms with E-state index in [-0.39, 0.29) is 12.5 Å². The van der Waals surface area contributed by atoms with Gasteiger partial charge in [0.15, 0.2) is 0 Å². The standard InChI is InChI=1S/C19H17Cl2N3O3/c1-2-24-15-6-4-3-5-13(15)16(19(24)27)23-18(26)17(25)22-10-11-7-8-12(20)9-14(11)21/h3-9,16H,2,10H2,1H3,(H,22,25)(H,23,26). The van der Waals surface area contributed by atoms with Crippen molar-refractivity contribution in [2.75, 3.05) is 11.4 Å². The molecule has 0 bridgehead atoms. The number of para-hydroxylation sites is 1. The molecule has 1 aliphatic rings. The maximum absolute atomic E-state index is 12.6. The van der Waals surface area contributed by atoms with Crippen molar-refractivity contribution in [3.05, 3.63) is 63.6 Å². The van der Waals surface area contributed by atoms with Crippen molar-refractivity contribution in [3.8, 4) is 0 Å². The number of nitrogens with one attached hydrogen (secondary N) is 2. The fraction of sp³-hybridized carbons (Fsp3) is 0.211. The van der Waals surface area contributed by atoms with Gasteiger partial charge >= 0.3 is 11.8 Å². The van der Waals surface area contributed by atoms with E-state index in [1.165, 1.54) is 0 Å². The molecule has 3 amide bonds. The van der Waals surface area contributed by atoms with Gasteiger partial charge in [-0.1, -0.05) is 47.5 Å². The zero-order valence-electron chi connectivity index (χ0n) is 14.5. The Hall–Kier alpha value is -2.57. The van der Waals surface area contributed by atoms with Crippen molar-refractivity contribution in [1.29, 1.82) is 0 Å². The highest BCUT2D eigenvalue weighted by molar-refractivity contribution is 6.36. The van der Waals surface area contributed by atoms with Gasteiger partial charge in [-0.2, -0.15) is 0 Å². The molecule has 2 aromatic rings. The number of benzene rings is 2. The number of hydrogen-bond donors (Lipinski definition) is 2. The van der Waals surface area contributed by atoms with Crippen LogP contribution in [0.1, 0.15) is 24.1 Å². The molecule has 1 heterocycles. The SMILES string of the molecule is CCN1C(=O)C(NC(=O)C(=O)NCc2ccc(Cl)cc2Cl)c2ccccc21. The summed E-state index contributed by atoms with van der Waals surface area (Å²) in [6, 6.07) is 11.2. The van der Waals surface area contributed by atoms with Gasteiger partial charge in [-0.15, -0.1) is 0 Å². The van der Waals surface area contributed by atoms with E-state index in [4.69, 9.17) is 23.2 Å². The first kappa shape index (κ1) is 19.2. The lowest BCUT2D eigenvalue weighted by Gasteiger charge is -2.15. The Morgan fingerprint density at radius 3 is 2.56 bits per heavy atom. The lowest BCUT2D eigenvalue weighted by atomic mass is 10.1. The van der Waals surface area contributed by atoms with E-state index in [1.54, 1.807) is 35.2 Å². The average molecular weight is 406 g/mol. The molecule has 0 spiro atoms. The smallest absolute Gasteiger partial charge is 0.310 e. The predicted molar refractivity (Wildman–Crippen MR) is 104 cm³/mol. The van der Waals surface area contributed by atoms with Gasteiger partial charge in [0.1, 0.15) is 6.04 Å². The van der Waals surface area contributed by atoms with Crippen LogP contribution in [0.3, 0.4) is 0 Å². The number of fused-ring (bicyclic) bond motifs is 1. The van der Waals surface area contributed by atoms with Crippen LogP contribution in [0, 0.1) is 0 Å². The number of rotatable bonds is 4. The number of anilines is 1. The van der Waals surface area contributed by atoms with Crippen LogP contribution in [0.15, 0.2) is 42.5 Å². The van der Waals surface area contributed by atoms with Crippen LogP contribution in [0.25, 0.3) is 0 Å². The minimum Gasteiger partial charge on any atom is -0.344 e. The van der Waals surface area contributed by atoms with Gasteiger partial charge in [0.25, 0.3) is 5.91 Å². The van der Waals surface area contributed by atoms with Crippen LogP contribution in [-0.2, 0) is 20.9 Å². The lowest BCUT2D eigenvalue weighted by Crippen LogP contribution is -2.44. The summed E-state index contributed by atoms with van der Waals surface area (Å²) >= 11 is 11.9. The fourth-order valence-electron chi connectivity index (χ4n) is 2.97. The number of carbonyl (C=O) groups excluding carboxylic acids is 3. The van der Waals surface area contributed by atoms with Crippen LogP contribution >= 0.6 is 23.2 Å². The van der Waals surface area contributed by atoms with Gasteiger partial charge in [-0.05, 0) is 30.7 Å². The summed E-state index contributed by atoms with van der Waals surface area (Å²) in [5, 5.41) is 5.88. The van der Waals surface area contributed by atoms with Gasteiger partial charge < -0.3 is 15.5 Å². The van der Waals surface area contributed by atoms with E-state index < -0.39 is 17.9 Å². The maximum Gasteiger partial charge on any atom is 0.310 e. The third kappa shape index (κ3) is 3.91. The molecule has 2 N–H and O–H groups in total. The molecule has 8 heteroatoms. The Kier molecular flexibility index (Phi) is 5.68. The van der Waals surface area contributed by atoms with Crippen LogP contribution in [0.5, 0.6) is 0 Å². The van der Waals surface area contributed by atoms with Crippen LogP contribution in [-0.4, -0.2) is 24.3 Å². The molecule has 3 rings (SSSR count). The van der Waals surface area contributed by atoms with E-state index in [2.05, 4.69) is 10.6 Å². The van der Waals surface area contributed by atoms with Gasteiger partial charge in [-0.3, -0.25) is 14.4 Å². The fourth-order valence-corrected chi connectivity index (χ4v) is 3.44. The van der Waals surface area contributed by atoms with Gasteiger partial charge in [0, 0.05) is 34.4 Å². The summed E-state index contributed by atoms with van der Waals surface area (Å²) in [5.41, 5.74) is 2.04. The average Bonchev–Trinajstić information content (AvgIpc) is 2.92. The second-order valence-electron chi connectivity index (χ2n) is 5.97. The second kappa shape index (κ2) is 7.98. The number of nitrogens with zero attached hydrogens (tertiary/aromatic N) is 1. The molecule has 0 aromatic heterocycles. The molecule has 0 aliphatic carbocycles.